The number of aryl methyl sites for hydroxylation is 1. The summed E-state index contributed by atoms with van der Waals surface area (Å²) in [4.78, 5) is 27.1. The summed E-state index contributed by atoms with van der Waals surface area (Å²) in [6.45, 7) is 0.702. The number of anilines is 1. The molecule has 2 aromatic rings. The zero-order valence-electron chi connectivity index (χ0n) is 14.9. The number of likely N-dealkylation sites (N-methyl/N-ethyl adjacent to an activating group) is 1. The van der Waals surface area contributed by atoms with Crippen LogP contribution in [-0.2, 0) is 21.3 Å². The first-order chi connectivity index (χ1) is 12.0. The number of hydrogen-bond donors (Lipinski definition) is 1. The van der Waals surface area contributed by atoms with Crippen molar-refractivity contribution in [1.29, 1.82) is 0 Å². The highest BCUT2D eigenvalue weighted by molar-refractivity contribution is 6.12. The molecule has 0 radical (unpaired) electrons. The highest BCUT2D eigenvalue weighted by atomic mass is 16.5. The van der Waals surface area contributed by atoms with E-state index in [2.05, 4.69) is 5.32 Å². The summed E-state index contributed by atoms with van der Waals surface area (Å²) in [5.74, 6) is -0.632. The van der Waals surface area contributed by atoms with Gasteiger partial charge in [-0.05, 0) is 19.5 Å². The third-order valence-electron chi connectivity index (χ3n) is 4.88. The monoisotopic (exact) mass is 345 g/mol. The zero-order chi connectivity index (χ0) is 18.1. The summed E-state index contributed by atoms with van der Waals surface area (Å²) in [6, 6.07) is 7.26. The molecule has 134 valence electrons. The number of ether oxygens (including phenoxy) is 2. The van der Waals surface area contributed by atoms with Gasteiger partial charge in [0, 0.05) is 26.1 Å². The number of methoxy groups -OCH3 is 2. The summed E-state index contributed by atoms with van der Waals surface area (Å²) in [5, 5.41) is 3.76. The fourth-order valence-electron chi connectivity index (χ4n) is 3.49. The lowest BCUT2D eigenvalue weighted by Crippen LogP contribution is -2.37. The van der Waals surface area contributed by atoms with E-state index in [9.17, 15) is 9.59 Å². The number of nitrogens with zero attached hydrogens (tertiary/aromatic N) is 2. The highest BCUT2D eigenvalue weighted by Crippen LogP contribution is 2.31. The lowest BCUT2D eigenvalue weighted by atomic mass is 10.1. The molecule has 0 spiro atoms. The Balaban J connectivity index is 1.98. The van der Waals surface area contributed by atoms with Crippen molar-refractivity contribution in [2.45, 2.75) is 18.6 Å². The average molecular weight is 345 g/mol. The van der Waals surface area contributed by atoms with Crippen molar-refractivity contribution in [3.63, 3.8) is 0 Å². The molecule has 0 unspecified atom stereocenters. The molecule has 0 saturated carbocycles. The normalized spacial score (nSPS) is 20.8. The summed E-state index contributed by atoms with van der Waals surface area (Å²) in [7, 11) is 6.67. The number of likely N-dealkylation sites (tertiary alicyclic amines) is 1. The molecule has 7 heteroatoms. The van der Waals surface area contributed by atoms with Crippen LogP contribution in [0.3, 0.4) is 0 Å². The summed E-state index contributed by atoms with van der Waals surface area (Å²) in [6.07, 6.45) is 0.658. The van der Waals surface area contributed by atoms with Gasteiger partial charge in [-0.3, -0.25) is 9.69 Å². The average Bonchev–Trinajstić information content (AvgIpc) is 3.13. The highest BCUT2D eigenvalue weighted by Gasteiger charge is 2.35. The Morgan fingerprint density at radius 1 is 1.20 bits per heavy atom. The van der Waals surface area contributed by atoms with E-state index < -0.39 is 5.97 Å². The number of esters is 1. The molecule has 1 aliphatic rings. The number of carbonyl (C=O) groups excluding carboxylic acids is 2. The smallest absolute Gasteiger partial charge is 0.356 e. The Labute approximate surface area is 146 Å². The summed E-state index contributed by atoms with van der Waals surface area (Å²) < 4.78 is 12.0. The van der Waals surface area contributed by atoms with E-state index in [1.165, 1.54) is 7.11 Å². The van der Waals surface area contributed by atoms with Gasteiger partial charge in [-0.15, -0.1) is 0 Å². The van der Waals surface area contributed by atoms with E-state index in [1.54, 1.807) is 18.7 Å². The molecule has 1 aromatic carbocycles. The number of para-hydroxylation sites is 1. The van der Waals surface area contributed by atoms with Crippen molar-refractivity contribution in [2.24, 2.45) is 7.05 Å². The summed E-state index contributed by atoms with van der Waals surface area (Å²) in [5.41, 5.74) is 1.68. The Bertz CT molecular complexity index is 814. The molecule has 3 rings (SSSR count). The molecule has 2 atom stereocenters. The largest absolute Gasteiger partial charge is 0.464 e. The van der Waals surface area contributed by atoms with Gasteiger partial charge in [-0.2, -0.15) is 0 Å². The second kappa shape index (κ2) is 6.85. The van der Waals surface area contributed by atoms with Crippen molar-refractivity contribution in [3.05, 3.63) is 30.0 Å². The maximum absolute atomic E-state index is 12.8. The van der Waals surface area contributed by atoms with Crippen molar-refractivity contribution in [3.8, 4) is 0 Å². The molecular formula is C18H23N3O4. The van der Waals surface area contributed by atoms with E-state index in [0.717, 1.165) is 10.9 Å². The molecular weight excluding hydrogens is 322 g/mol. The third-order valence-corrected chi connectivity index (χ3v) is 4.88. The second-order valence-electron chi connectivity index (χ2n) is 6.33. The first-order valence-corrected chi connectivity index (χ1v) is 8.17. The molecule has 1 aromatic heterocycles. The minimum atomic E-state index is -0.483. The number of rotatable bonds is 4. The van der Waals surface area contributed by atoms with Crippen molar-refractivity contribution in [1.82, 2.24) is 9.47 Å². The number of benzene rings is 1. The van der Waals surface area contributed by atoms with Gasteiger partial charge in [0.15, 0.2) is 5.69 Å². The molecule has 2 heterocycles. The topological polar surface area (TPSA) is 72.8 Å². The van der Waals surface area contributed by atoms with Gasteiger partial charge in [0.2, 0.25) is 5.91 Å². The molecule has 1 aliphatic heterocycles. The molecule has 25 heavy (non-hydrogen) atoms. The van der Waals surface area contributed by atoms with E-state index in [0.29, 0.717) is 24.3 Å². The lowest BCUT2D eigenvalue weighted by Gasteiger charge is -2.18. The van der Waals surface area contributed by atoms with Crippen molar-refractivity contribution in [2.75, 3.05) is 33.1 Å². The van der Waals surface area contributed by atoms with Gasteiger partial charge in [-0.1, -0.05) is 18.2 Å². The fraction of sp³-hybridized carbons (Fsp3) is 0.444. The van der Waals surface area contributed by atoms with Crippen LogP contribution in [0.15, 0.2) is 24.3 Å². The quantitative estimate of drug-likeness (QED) is 0.853. The first-order valence-electron chi connectivity index (χ1n) is 8.17. The van der Waals surface area contributed by atoms with Crippen LogP contribution in [0.25, 0.3) is 10.9 Å². The Morgan fingerprint density at radius 3 is 2.56 bits per heavy atom. The first kappa shape index (κ1) is 17.4. The number of carbonyl (C=O) groups is 2. The molecule has 1 saturated heterocycles. The van der Waals surface area contributed by atoms with Crippen molar-refractivity contribution < 1.29 is 19.1 Å². The predicted octanol–water partition coefficient (Wildman–Crippen LogP) is 1.62. The van der Waals surface area contributed by atoms with E-state index in [4.69, 9.17) is 9.47 Å². The summed E-state index contributed by atoms with van der Waals surface area (Å²) >= 11 is 0. The minimum absolute atomic E-state index is 0.0355. The van der Waals surface area contributed by atoms with Crippen LogP contribution in [0.1, 0.15) is 16.9 Å². The van der Waals surface area contributed by atoms with Crippen LogP contribution in [0, 0.1) is 0 Å². The van der Waals surface area contributed by atoms with Crippen molar-refractivity contribution >= 4 is 28.5 Å². The van der Waals surface area contributed by atoms with Crippen LogP contribution < -0.4 is 5.32 Å². The second-order valence-corrected chi connectivity index (χ2v) is 6.33. The molecule has 1 fully saturated rings. The van der Waals surface area contributed by atoms with Crippen LogP contribution in [-0.4, -0.2) is 61.3 Å². The van der Waals surface area contributed by atoms with Gasteiger partial charge in [0.25, 0.3) is 0 Å². The van der Waals surface area contributed by atoms with Gasteiger partial charge >= 0.3 is 5.97 Å². The Hall–Kier alpha value is -2.38. The molecule has 1 N–H and O–H groups in total. The van der Waals surface area contributed by atoms with Gasteiger partial charge < -0.3 is 19.4 Å². The molecule has 0 bridgehead atoms. The number of hydrogen-bond acceptors (Lipinski definition) is 5. The minimum Gasteiger partial charge on any atom is -0.464 e. The molecule has 1 amide bonds. The standard InChI is InChI=1S/C18H23N3O4/c1-20-10-11(24-3)9-14(20)17(22)19-15-12-7-5-6-8-13(12)21(2)16(15)18(23)25-4/h5-8,11,14H,9-10H2,1-4H3,(H,19,22)/t11-,14-/m0/s1. The van der Waals surface area contributed by atoms with E-state index in [-0.39, 0.29) is 18.1 Å². The Kier molecular flexibility index (Phi) is 4.78. The van der Waals surface area contributed by atoms with Crippen LogP contribution in [0.5, 0.6) is 0 Å². The van der Waals surface area contributed by atoms with Crippen LogP contribution in [0.4, 0.5) is 5.69 Å². The molecule has 7 nitrogen and oxygen atoms in total. The van der Waals surface area contributed by atoms with E-state index >= 15 is 0 Å². The van der Waals surface area contributed by atoms with Gasteiger partial charge in [-0.25, -0.2) is 4.79 Å². The molecule has 0 aliphatic carbocycles. The lowest BCUT2D eigenvalue weighted by molar-refractivity contribution is -0.120. The number of fused-ring (bicyclic) bond motifs is 1. The SMILES string of the molecule is COC(=O)c1c(NC(=O)[C@@H]2C[C@H](OC)CN2C)c2ccccc2n1C. The number of amides is 1. The maximum Gasteiger partial charge on any atom is 0.356 e. The van der Waals surface area contributed by atoms with Crippen LogP contribution >= 0.6 is 0 Å². The third kappa shape index (κ3) is 3.01. The fourth-order valence-corrected chi connectivity index (χ4v) is 3.49. The number of aromatic nitrogens is 1. The van der Waals surface area contributed by atoms with Crippen LogP contribution in [0.2, 0.25) is 0 Å². The maximum atomic E-state index is 12.8. The zero-order valence-corrected chi connectivity index (χ0v) is 14.9. The van der Waals surface area contributed by atoms with E-state index in [1.807, 2.05) is 36.2 Å². The van der Waals surface area contributed by atoms with Gasteiger partial charge in [0.05, 0.1) is 30.5 Å². The number of nitrogens with one attached hydrogen (secondary N) is 1. The Morgan fingerprint density at radius 2 is 1.92 bits per heavy atom. The predicted molar refractivity (Wildman–Crippen MR) is 94.7 cm³/mol. The van der Waals surface area contributed by atoms with Gasteiger partial charge in [0.1, 0.15) is 0 Å².